The number of nitrogens with one attached hydrogen (secondary N) is 1. The summed E-state index contributed by atoms with van der Waals surface area (Å²) in [5.41, 5.74) is 0. The summed E-state index contributed by atoms with van der Waals surface area (Å²) in [6.07, 6.45) is 7.65. The number of fused-ring (bicyclic) bond motifs is 5. The number of rotatable bonds is 5. The quantitative estimate of drug-likeness (QED) is 0.788. The number of hydrogen-bond acceptors (Lipinski definition) is 2. The van der Waals surface area contributed by atoms with Crippen LogP contribution in [0.4, 0.5) is 0 Å². The summed E-state index contributed by atoms with van der Waals surface area (Å²) in [5.74, 6) is 4.37. The Morgan fingerprint density at radius 1 is 1.12 bits per heavy atom. The van der Waals surface area contributed by atoms with Crippen molar-refractivity contribution in [3.05, 3.63) is 0 Å². The van der Waals surface area contributed by atoms with E-state index in [9.17, 15) is 0 Å². The molecule has 17 heavy (non-hydrogen) atoms. The van der Waals surface area contributed by atoms with Gasteiger partial charge in [-0.25, -0.2) is 0 Å². The number of hydrogen-bond donors (Lipinski definition) is 1. The van der Waals surface area contributed by atoms with Gasteiger partial charge in [-0.1, -0.05) is 13.3 Å². The van der Waals surface area contributed by atoms with E-state index in [1.54, 1.807) is 19.3 Å². The molecule has 0 amide bonds. The SMILES string of the molecule is CCN(C)CCNC1CC2CC1C1CCCC21. The van der Waals surface area contributed by atoms with Crippen molar-refractivity contribution in [3.8, 4) is 0 Å². The molecule has 3 aliphatic carbocycles. The van der Waals surface area contributed by atoms with E-state index in [1.807, 2.05) is 0 Å². The van der Waals surface area contributed by atoms with Gasteiger partial charge in [-0.2, -0.15) is 0 Å². The maximum Gasteiger partial charge on any atom is 0.0104 e. The van der Waals surface area contributed by atoms with Crippen molar-refractivity contribution in [3.63, 3.8) is 0 Å². The summed E-state index contributed by atoms with van der Waals surface area (Å²) >= 11 is 0. The number of nitrogens with zero attached hydrogens (tertiary/aromatic N) is 1. The van der Waals surface area contributed by atoms with E-state index in [2.05, 4.69) is 24.2 Å². The molecule has 3 fully saturated rings. The molecule has 3 aliphatic rings. The standard InChI is InChI=1S/C15H28N2/c1-3-17(2)8-7-16-15-10-11-9-14(15)13-6-4-5-12(11)13/h11-16H,3-10H2,1-2H3. The largest absolute Gasteiger partial charge is 0.312 e. The first-order valence-corrected chi connectivity index (χ1v) is 7.71. The van der Waals surface area contributed by atoms with Crippen LogP contribution in [0.25, 0.3) is 0 Å². The molecule has 0 aromatic carbocycles. The Morgan fingerprint density at radius 2 is 1.94 bits per heavy atom. The van der Waals surface area contributed by atoms with Gasteiger partial charge in [-0.05, 0) is 62.9 Å². The maximum absolute atomic E-state index is 3.85. The van der Waals surface area contributed by atoms with Crippen molar-refractivity contribution in [1.29, 1.82) is 0 Å². The summed E-state index contributed by atoms with van der Waals surface area (Å²) in [6, 6.07) is 0.865. The molecule has 0 spiro atoms. The highest BCUT2D eigenvalue weighted by molar-refractivity contribution is 5.05. The Kier molecular flexibility index (Phi) is 3.45. The van der Waals surface area contributed by atoms with Crippen LogP contribution in [0.2, 0.25) is 0 Å². The van der Waals surface area contributed by atoms with E-state index in [0.717, 1.165) is 29.7 Å². The fourth-order valence-electron chi connectivity index (χ4n) is 4.90. The molecule has 0 radical (unpaired) electrons. The van der Waals surface area contributed by atoms with Gasteiger partial charge < -0.3 is 10.2 Å². The van der Waals surface area contributed by atoms with Crippen molar-refractivity contribution >= 4 is 0 Å². The lowest BCUT2D eigenvalue weighted by molar-refractivity contribution is 0.204. The van der Waals surface area contributed by atoms with Crippen LogP contribution in [0.5, 0.6) is 0 Å². The molecular weight excluding hydrogens is 208 g/mol. The molecule has 2 nitrogen and oxygen atoms in total. The van der Waals surface area contributed by atoms with Gasteiger partial charge in [0.1, 0.15) is 0 Å². The summed E-state index contributed by atoms with van der Waals surface area (Å²) < 4.78 is 0. The fourth-order valence-corrected chi connectivity index (χ4v) is 4.90. The molecule has 0 saturated heterocycles. The zero-order valence-corrected chi connectivity index (χ0v) is 11.5. The van der Waals surface area contributed by atoms with E-state index in [4.69, 9.17) is 0 Å². The van der Waals surface area contributed by atoms with Crippen LogP contribution < -0.4 is 5.32 Å². The lowest BCUT2D eigenvalue weighted by atomic mass is 9.79. The van der Waals surface area contributed by atoms with Crippen molar-refractivity contribution in [2.75, 3.05) is 26.7 Å². The topological polar surface area (TPSA) is 15.3 Å². The molecule has 0 aromatic heterocycles. The third-order valence-corrected chi connectivity index (χ3v) is 5.87. The second-order valence-corrected chi connectivity index (χ2v) is 6.61. The molecule has 1 N–H and O–H groups in total. The average molecular weight is 236 g/mol. The second-order valence-electron chi connectivity index (χ2n) is 6.61. The minimum absolute atomic E-state index is 0.865. The minimum Gasteiger partial charge on any atom is -0.312 e. The first-order valence-electron chi connectivity index (χ1n) is 7.71. The van der Waals surface area contributed by atoms with Gasteiger partial charge in [0.25, 0.3) is 0 Å². The van der Waals surface area contributed by atoms with Crippen molar-refractivity contribution in [1.82, 2.24) is 10.2 Å². The van der Waals surface area contributed by atoms with E-state index < -0.39 is 0 Å². The molecule has 5 atom stereocenters. The third-order valence-electron chi connectivity index (χ3n) is 5.87. The Labute approximate surface area is 106 Å². The first-order chi connectivity index (χ1) is 8.29. The highest BCUT2D eigenvalue weighted by Crippen LogP contribution is 2.58. The molecule has 98 valence electrons. The van der Waals surface area contributed by atoms with Gasteiger partial charge in [0, 0.05) is 19.1 Å². The molecular formula is C15H28N2. The Hall–Kier alpha value is -0.0800. The zero-order chi connectivity index (χ0) is 11.8. The smallest absolute Gasteiger partial charge is 0.0104 e. The molecule has 5 unspecified atom stereocenters. The predicted molar refractivity (Wildman–Crippen MR) is 72.0 cm³/mol. The van der Waals surface area contributed by atoms with E-state index in [0.29, 0.717) is 0 Å². The van der Waals surface area contributed by atoms with Gasteiger partial charge in [0.15, 0.2) is 0 Å². The molecule has 0 heterocycles. The third kappa shape index (κ3) is 2.15. The van der Waals surface area contributed by atoms with Crippen LogP contribution in [0.15, 0.2) is 0 Å². The van der Waals surface area contributed by atoms with Gasteiger partial charge in [0.2, 0.25) is 0 Å². The molecule has 0 aliphatic heterocycles. The fraction of sp³-hybridized carbons (Fsp3) is 1.00. The van der Waals surface area contributed by atoms with Crippen LogP contribution in [0.1, 0.15) is 39.0 Å². The summed E-state index contributed by atoms with van der Waals surface area (Å²) in [5, 5.41) is 3.85. The van der Waals surface area contributed by atoms with Crippen LogP contribution >= 0.6 is 0 Å². The molecule has 0 aromatic rings. The molecule has 3 rings (SSSR count). The summed E-state index contributed by atoms with van der Waals surface area (Å²) in [7, 11) is 2.22. The number of likely N-dealkylation sites (N-methyl/N-ethyl adjacent to an activating group) is 1. The van der Waals surface area contributed by atoms with Crippen molar-refractivity contribution in [2.45, 2.75) is 45.1 Å². The van der Waals surface area contributed by atoms with Crippen molar-refractivity contribution in [2.24, 2.45) is 23.7 Å². The molecule has 2 bridgehead atoms. The zero-order valence-electron chi connectivity index (χ0n) is 11.5. The highest BCUT2D eigenvalue weighted by Gasteiger charge is 2.53. The van der Waals surface area contributed by atoms with Crippen molar-refractivity contribution < 1.29 is 0 Å². The highest BCUT2D eigenvalue weighted by atomic mass is 15.1. The van der Waals surface area contributed by atoms with Crippen LogP contribution in [-0.4, -0.2) is 37.6 Å². The monoisotopic (exact) mass is 236 g/mol. The lowest BCUT2D eigenvalue weighted by Crippen LogP contribution is -2.42. The van der Waals surface area contributed by atoms with Gasteiger partial charge >= 0.3 is 0 Å². The second kappa shape index (κ2) is 4.89. The average Bonchev–Trinajstić information content (AvgIpc) is 3.00. The van der Waals surface area contributed by atoms with Crippen LogP contribution in [0, 0.1) is 23.7 Å². The summed E-state index contributed by atoms with van der Waals surface area (Å²) in [6.45, 7) is 5.80. The lowest BCUT2D eigenvalue weighted by Gasteiger charge is -2.32. The Bertz CT molecular complexity index is 266. The normalized spacial score (nSPS) is 43.6. The van der Waals surface area contributed by atoms with Gasteiger partial charge in [-0.3, -0.25) is 0 Å². The Morgan fingerprint density at radius 3 is 2.76 bits per heavy atom. The van der Waals surface area contributed by atoms with E-state index >= 15 is 0 Å². The van der Waals surface area contributed by atoms with Crippen LogP contribution in [0.3, 0.4) is 0 Å². The summed E-state index contributed by atoms with van der Waals surface area (Å²) in [4.78, 5) is 2.40. The molecule has 2 heteroatoms. The minimum atomic E-state index is 0.865. The maximum atomic E-state index is 3.85. The first kappa shape index (κ1) is 12.0. The van der Waals surface area contributed by atoms with Gasteiger partial charge in [-0.15, -0.1) is 0 Å². The predicted octanol–water partition coefficient (Wildman–Crippen LogP) is 2.35. The van der Waals surface area contributed by atoms with E-state index in [-0.39, 0.29) is 0 Å². The van der Waals surface area contributed by atoms with Gasteiger partial charge in [0.05, 0.1) is 0 Å². The van der Waals surface area contributed by atoms with Crippen LogP contribution in [-0.2, 0) is 0 Å². The Balaban J connectivity index is 1.47. The molecule has 3 saturated carbocycles. The van der Waals surface area contributed by atoms with E-state index in [1.165, 1.54) is 32.5 Å².